The van der Waals surface area contributed by atoms with Crippen LogP contribution in [0.3, 0.4) is 0 Å². The van der Waals surface area contributed by atoms with Crippen molar-refractivity contribution in [1.82, 2.24) is 15.2 Å². The Balaban J connectivity index is 1.38. The van der Waals surface area contributed by atoms with Crippen molar-refractivity contribution in [2.45, 2.75) is 13.0 Å². The van der Waals surface area contributed by atoms with E-state index in [0.29, 0.717) is 13.2 Å². The number of amides is 1. The first-order valence-electron chi connectivity index (χ1n) is 11.2. The molecule has 6 nitrogen and oxygen atoms in total. The van der Waals surface area contributed by atoms with Gasteiger partial charge in [-0.2, -0.15) is 0 Å². The first-order valence-corrected chi connectivity index (χ1v) is 11.2. The molecule has 1 saturated heterocycles. The molecular formula is C26H30N4O2. The number of hydrogen-bond donors (Lipinski definition) is 1. The predicted octanol–water partition coefficient (Wildman–Crippen LogP) is 3.51. The van der Waals surface area contributed by atoms with Gasteiger partial charge in [-0.25, -0.2) is 4.98 Å². The van der Waals surface area contributed by atoms with Crippen molar-refractivity contribution in [2.75, 3.05) is 44.2 Å². The number of ether oxygens (including phenoxy) is 1. The number of benzene rings is 2. The lowest BCUT2D eigenvalue weighted by molar-refractivity contribution is -0.122. The van der Waals surface area contributed by atoms with Crippen LogP contribution in [0, 0.1) is 0 Å². The van der Waals surface area contributed by atoms with E-state index in [1.54, 1.807) is 0 Å². The molecule has 1 aromatic heterocycles. The van der Waals surface area contributed by atoms with Gasteiger partial charge in [0.1, 0.15) is 11.6 Å². The van der Waals surface area contributed by atoms with Crippen LogP contribution < -0.4 is 15.0 Å². The Morgan fingerprint density at radius 1 is 0.938 bits per heavy atom. The van der Waals surface area contributed by atoms with E-state index < -0.39 is 0 Å². The van der Waals surface area contributed by atoms with Gasteiger partial charge in [0.25, 0.3) is 0 Å². The van der Waals surface area contributed by atoms with Crippen LogP contribution in [0.1, 0.15) is 24.1 Å². The Labute approximate surface area is 189 Å². The second kappa shape index (κ2) is 10.8. The lowest BCUT2D eigenvalue weighted by Gasteiger charge is -2.35. The molecule has 1 fully saturated rings. The first kappa shape index (κ1) is 21.8. The van der Waals surface area contributed by atoms with E-state index in [1.165, 1.54) is 0 Å². The number of carbonyl (C=O) groups excluding carboxylic acids is 1. The molecule has 1 N–H and O–H groups in total. The van der Waals surface area contributed by atoms with Crippen molar-refractivity contribution in [3.8, 4) is 5.75 Å². The van der Waals surface area contributed by atoms with Gasteiger partial charge in [0.2, 0.25) is 5.91 Å². The van der Waals surface area contributed by atoms with Gasteiger partial charge in [0.15, 0.2) is 0 Å². The molecule has 0 aliphatic carbocycles. The molecule has 1 aliphatic rings. The molecule has 1 unspecified atom stereocenters. The number of aromatic nitrogens is 1. The largest absolute Gasteiger partial charge is 0.494 e. The molecule has 0 spiro atoms. The molecule has 6 heteroatoms. The normalized spacial score (nSPS) is 15.2. The fraction of sp³-hybridized carbons (Fsp3) is 0.308. The van der Waals surface area contributed by atoms with Crippen molar-refractivity contribution in [1.29, 1.82) is 0 Å². The molecule has 0 radical (unpaired) electrons. The molecule has 4 rings (SSSR count). The maximum atomic E-state index is 13.0. The minimum atomic E-state index is -0.200. The molecule has 1 atom stereocenters. The number of pyridine rings is 1. The molecule has 3 aromatic rings. The van der Waals surface area contributed by atoms with Crippen LogP contribution in [-0.2, 0) is 4.79 Å². The smallest absolute Gasteiger partial charge is 0.234 e. The number of carbonyl (C=O) groups is 1. The van der Waals surface area contributed by atoms with Crippen molar-refractivity contribution in [3.05, 3.63) is 90.1 Å². The van der Waals surface area contributed by atoms with Crippen LogP contribution >= 0.6 is 0 Å². The molecule has 0 bridgehead atoms. The second-order valence-electron chi connectivity index (χ2n) is 7.86. The number of nitrogens with one attached hydrogen (secondary N) is 1. The van der Waals surface area contributed by atoms with Gasteiger partial charge in [-0.15, -0.1) is 0 Å². The van der Waals surface area contributed by atoms with Gasteiger partial charge in [-0.1, -0.05) is 48.5 Å². The summed E-state index contributed by atoms with van der Waals surface area (Å²) in [5.41, 5.74) is 2.10. The Kier molecular flexibility index (Phi) is 7.35. The highest BCUT2D eigenvalue weighted by Crippen LogP contribution is 2.24. The molecule has 0 saturated carbocycles. The Hall–Kier alpha value is -3.38. The summed E-state index contributed by atoms with van der Waals surface area (Å²) in [6.07, 6.45) is 1.82. The van der Waals surface area contributed by atoms with Gasteiger partial charge in [-0.3, -0.25) is 9.69 Å². The van der Waals surface area contributed by atoms with Gasteiger partial charge < -0.3 is 15.0 Å². The topological polar surface area (TPSA) is 57.7 Å². The molecule has 2 aromatic carbocycles. The molecule has 1 aliphatic heterocycles. The van der Waals surface area contributed by atoms with E-state index in [1.807, 2.05) is 85.9 Å². The van der Waals surface area contributed by atoms with Crippen molar-refractivity contribution in [2.24, 2.45) is 0 Å². The zero-order chi connectivity index (χ0) is 22.2. The van der Waals surface area contributed by atoms with Crippen molar-refractivity contribution >= 4 is 11.7 Å². The SMILES string of the molecule is CCOc1ccc(C(NC(=O)CN2CCN(c3ccccn3)CC2)c2ccccc2)cc1. The summed E-state index contributed by atoms with van der Waals surface area (Å²) >= 11 is 0. The lowest BCUT2D eigenvalue weighted by Crippen LogP contribution is -2.50. The number of piperazine rings is 1. The summed E-state index contributed by atoms with van der Waals surface area (Å²) < 4.78 is 5.57. The third-order valence-corrected chi connectivity index (χ3v) is 5.68. The van der Waals surface area contributed by atoms with E-state index in [0.717, 1.165) is 48.9 Å². The predicted molar refractivity (Wildman–Crippen MR) is 127 cm³/mol. The number of nitrogens with zero attached hydrogens (tertiary/aromatic N) is 3. The number of rotatable bonds is 8. The summed E-state index contributed by atoms with van der Waals surface area (Å²) in [6.45, 7) is 6.39. The van der Waals surface area contributed by atoms with E-state index in [2.05, 4.69) is 20.1 Å². The van der Waals surface area contributed by atoms with Crippen LogP contribution in [0.4, 0.5) is 5.82 Å². The zero-order valence-corrected chi connectivity index (χ0v) is 18.5. The van der Waals surface area contributed by atoms with E-state index in [4.69, 9.17) is 4.74 Å². The summed E-state index contributed by atoms with van der Waals surface area (Å²) in [7, 11) is 0. The zero-order valence-electron chi connectivity index (χ0n) is 18.5. The highest BCUT2D eigenvalue weighted by molar-refractivity contribution is 5.79. The summed E-state index contributed by atoms with van der Waals surface area (Å²) in [5, 5.41) is 3.24. The third kappa shape index (κ3) is 5.65. The highest BCUT2D eigenvalue weighted by atomic mass is 16.5. The van der Waals surface area contributed by atoms with Crippen LogP contribution in [0.15, 0.2) is 79.0 Å². The molecule has 1 amide bonds. The summed E-state index contributed by atoms with van der Waals surface area (Å²) in [5.74, 6) is 1.86. The third-order valence-electron chi connectivity index (χ3n) is 5.68. The van der Waals surface area contributed by atoms with E-state index in [9.17, 15) is 4.79 Å². The van der Waals surface area contributed by atoms with E-state index in [-0.39, 0.29) is 11.9 Å². The lowest BCUT2D eigenvalue weighted by atomic mass is 9.98. The molecule has 2 heterocycles. The monoisotopic (exact) mass is 430 g/mol. The maximum Gasteiger partial charge on any atom is 0.234 e. The van der Waals surface area contributed by atoms with Gasteiger partial charge >= 0.3 is 0 Å². The van der Waals surface area contributed by atoms with Gasteiger partial charge in [-0.05, 0) is 42.3 Å². The Morgan fingerprint density at radius 3 is 2.28 bits per heavy atom. The number of anilines is 1. The number of hydrogen-bond acceptors (Lipinski definition) is 5. The van der Waals surface area contributed by atoms with Crippen LogP contribution in [-0.4, -0.2) is 55.1 Å². The summed E-state index contributed by atoms with van der Waals surface area (Å²) in [6, 6.07) is 23.8. The minimum absolute atomic E-state index is 0.0269. The van der Waals surface area contributed by atoms with Crippen LogP contribution in [0.2, 0.25) is 0 Å². The molecule has 32 heavy (non-hydrogen) atoms. The van der Waals surface area contributed by atoms with E-state index >= 15 is 0 Å². The van der Waals surface area contributed by atoms with Crippen LogP contribution in [0.25, 0.3) is 0 Å². The molecular weight excluding hydrogens is 400 g/mol. The van der Waals surface area contributed by atoms with Gasteiger partial charge in [0, 0.05) is 32.4 Å². The van der Waals surface area contributed by atoms with Crippen LogP contribution in [0.5, 0.6) is 5.75 Å². The Bertz CT molecular complexity index is 972. The maximum absolute atomic E-state index is 13.0. The molecule has 166 valence electrons. The second-order valence-corrected chi connectivity index (χ2v) is 7.86. The minimum Gasteiger partial charge on any atom is -0.494 e. The quantitative estimate of drug-likeness (QED) is 0.593. The summed E-state index contributed by atoms with van der Waals surface area (Å²) in [4.78, 5) is 21.9. The van der Waals surface area contributed by atoms with Crippen molar-refractivity contribution in [3.63, 3.8) is 0 Å². The van der Waals surface area contributed by atoms with Gasteiger partial charge in [0.05, 0.1) is 19.2 Å². The fourth-order valence-corrected chi connectivity index (χ4v) is 4.01. The Morgan fingerprint density at radius 2 is 1.62 bits per heavy atom. The van der Waals surface area contributed by atoms with Crippen molar-refractivity contribution < 1.29 is 9.53 Å². The average Bonchev–Trinajstić information content (AvgIpc) is 2.85. The first-order chi connectivity index (χ1) is 15.7. The highest BCUT2D eigenvalue weighted by Gasteiger charge is 2.22. The fourth-order valence-electron chi connectivity index (χ4n) is 4.01. The standard InChI is InChI=1S/C26H30N4O2/c1-2-32-23-13-11-22(12-14-23)26(21-8-4-3-5-9-21)28-25(31)20-29-16-18-30(19-17-29)24-10-6-7-15-27-24/h3-15,26H,2,16-20H2,1H3,(H,28,31). The average molecular weight is 431 g/mol.